The molecule has 2 aliphatic rings. The molecule has 0 bridgehead atoms. The smallest absolute Gasteiger partial charge is 0.244 e. The van der Waals surface area contributed by atoms with Gasteiger partial charge in [0.1, 0.15) is 18.3 Å². The highest BCUT2D eigenvalue weighted by Crippen LogP contribution is 2.36. The molecule has 212 valence electrons. The summed E-state index contributed by atoms with van der Waals surface area (Å²) in [5, 5.41) is 3.11. The van der Waals surface area contributed by atoms with Gasteiger partial charge in [-0.1, -0.05) is 31.9 Å². The Bertz CT molecular complexity index is 1280. The summed E-state index contributed by atoms with van der Waals surface area (Å²) in [7, 11) is -2.28. The lowest BCUT2D eigenvalue weighted by atomic mass is 10.1. The van der Waals surface area contributed by atoms with Gasteiger partial charge in [-0.05, 0) is 56.0 Å². The number of benzene rings is 2. The van der Waals surface area contributed by atoms with Gasteiger partial charge in [-0.3, -0.25) is 13.9 Å². The van der Waals surface area contributed by atoms with E-state index >= 15 is 0 Å². The number of nitrogens with one attached hydrogen (secondary N) is 1. The summed E-state index contributed by atoms with van der Waals surface area (Å²) in [5.41, 5.74) is 1.06. The van der Waals surface area contributed by atoms with Crippen molar-refractivity contribution in [2.75, 3.05) is 30.5 Å². The third-order valence-electron chi connectivity index (χ3n) is 7.20. The fourth-order valence-corrected chi connectivity index (χ4v) is 6.07. The minimum Gasteiger partial charge on any atom is -0.497 e. The van der Waals surface area contributed by atoms with Gasteiger partial charge in [0.05, 0.1) is 18.6 Å². The molecule has 1 fully saturated rings. The number of amides is 2. The van der Waals surface area contributed by atoms with Gasteiger partial charge in [0, 0.05) is 18.7 Å². The molecule has 0 aromatic heterocycles. The third-order valence-corrected chi connectivity index (χ3v) is 8.94. The zero-order chi connectivity index (χ0) is 28.0. The predicted octanol–water partition coefficient (Wildman–Crippen LogP) is 3.45. The molecule has 39 heavy (non-hydrogen) atoms. The first kappa shape index (κ1) is 28.5. The maximum absolute atomic E-state index is 14.0. The van der Waals surface area contributed by atoms with Crippen molar-refractivity contribution >= 4 is 27.5 Å². The first-order valence-corrected chi connectivity index (χ1v) is 15.0. The van der Waals surface area contributed by atoms with Crippen molar-refractivity contribution in [2.24, 2.45) is 0 Å². The van der Waals surface area contributed by atoms with E-state index in [2.05, 4.69) is 5.32 Å². The highest BCUT2D eigenvalue weighted by Gasteiger charge is 2.34. The van der Waals surface area contributed by atoms with Crippen LogP contribution in [0.1, 0.15) is 51.5 Å². The van der Waals surface area contributed by atoms with Crippen molar-refractivity contribution in [2.45, 2.75) is 64.6 Å². The number of sulfonamides is 1. The molecule has 1 aliphatic heterocycles. The van der Waals surface area contributed by atoms with E-state index in [0.717, 1.165) is 35.6 Å². The van der Waals surface area contributed by atoms with Gasteiger partial charge in [0.2, 0.25) is 28.6 Å². The summed E-state index contributed by atoms with van der Waals surface area (Å²) in [5.74, 6) is 0.623. The van der Waals surface area contributed by atoms with Crippen LogP contribution in [-0.4, -0.2) is 63.4 Å². The first-order valence-electron chi connectivity index (χ1n) is 13.4. The topological polar surface area (TPSA) is 114 Å². The fraction of sp³-hybridized carbons (Fsp3) is 0.500. The second kappa shape index (κ2) is 12.6. The lowest BCUT2D eigenvalue weighted by Gasteiger charge is -2.33. The van der Waals surface area contributed by atoms with Crippen molar-refractivity contribution in [3.05, 3.63) is 48.0 Å². The van der Waals surface area contributed by atoms with Crippen LogP contribution in [0.4, 0.5) is 5.69 Å². The molecule has 1 saturated carbocycles. The van der Waals surface area contributed by atoms with E-state index in [1.165, 1.54) is 11.8 Å². The Kier molecular flexibility index (Phi) is 9.21. The number of hydrogen-bond acceptors (Lipinski definition) is 7. The molecule has 1 aliphatic carbocycles. The molecule has 10 nitrogen and oxygen atoms in total. The molecule has 2 aromatic rings. The van der Waals surface area contributed by atoms with Crippen LogP contribution in [0.2, 0.25) is 0 Å². The molecule has 0 saturated heterocycles. The van der Waals surface area contributed by atoms with Crippen molar-refractivity contribution in [3.63, 3.8) is 0 Å². The summed E-state index contributed by atoms with van der Waals surface area (Å²) < 4.78 is 43.6. The molecular formula is C28H37N3O7S. The molecule has 1 N–H and O–H groups in total. The average Bonchev–Trinajstić information content (AvgIpc) is 3.63. The van der Waals surface area contributed by atoms with E-state index in [1.807, 2.05) is 19.1 Å². The lowest BCUT2D eigenvalue weighted by molar-refractivity contribution is -0.140. The number of carbonyl (C=O) groups is 2. The van der Waals surface area contributed by atoms with Gasteiger partial charge >= 0.3 is 0 Å². The van der Waals surface area contributed by atoms with E-state index < -0.39 is 28.5 Å². The largest absolute Gasteiger partial charge is 0.497 e. The summed E-state index contributed by atoms with van der Waals surface area (Å²) in [6.07, 6.45) is 4.33. The number of anilines is 1. The van der Waals surface area contributed by atoms with E-state index in [0.29, 0.717) is 29.4 Å². The molecule has 2 aromatic carbocycles. The molecule has 2 amide bonds. The highest BCUT2D eigenvalue weighted by atomic mass is 32.2. The minimum absolute atomic E-state index is 0.0425. The van der Waals surface area contributed by atoms with Gasteiger partial charge in [-0.15, -0.1) is 0 Å². The maximum atomic E-state index is 14.0. The van der Waals surface area contributed by atoms with Gasteiger partial charge in [0.25, 0.3) is 0 Å². The molecule has 1 atom stereocenters. The summed E-state index contributed by atoms with van der Waals surface area (Å²) in [6.45, 7) is 3.07. The normalized spacial score (nSPS) is 15.6. The molecule has 0 radical (unpaired) electrons. The Balaban J connectivity index is 1.65. The standard InChI is InChI=1S/C28H37N3O7S/c1-4-24(28(33)29-21-10-6-7-11-21)30(17-20-9-8-12-23(15-20)36-3)27(32)18-31(39(34,35)5-2)22-13-14-25-26(16-22)38-19-37-25/h8-9,12-16,21,24H,4-7,10-11,17-19H2,1-3H3,(H,29,33). The van der Waals surface area contributed by atoms with Crippen LogP contribution < -0.4 is 23.8 Å². The van der Waals surface area contributed by atoms with Crippen LogP contribution in [0.5, 0.6) is 17.2 Å². The Morgan fingerprint density at radius 1 is 1.08 bits per heavy atom. The number of hydrogen-bond donors (Lipinski definition) is 1. The summed E-state index contributed by atoms with van der Waals surface area (Å²) in [4.78, 5) is 28.9. The zero-order valence-corrected chi connectivity index (χ0v) is 23.5. The van der Waals surface area contributed by atoms with Crippen LogP contribution in [-0.2, 0) is 26.2 Å². The molecule has 4 rings (SSSR count). The Labute approximate surface area is 230 Å². The fourth-order valence-electron chi connectivity index (χ4n) is 5.01. The Morgan fingerprint density at radius 3 is 2.51 bits per heavy atom. The third kappa shape index (κ3) is 6.76. The quantitative estimate of drug-likeness (QED) is 0.424. The number of rotatable bonds is 12. The van der Waals surface area contributed by atoms with Crippen LogP contribution >= 0.6 is 0 Å². The molecule has 1 unspecified atom stereocenters. The summed E-state index contributed by atoms with van der Waals surface area (Å²) >= 11 is 0. The van der Waals surface area contributed by atoms with Crippen molar-refractivity contribution in [1.82, 2.24) is 10.2 Å². The van der Waals surface area contributed by atoms with Gasteiger partial charge in [-0.2, -0.15) is 0 Å². The number of nitrogens with zero attached hydrogens (tertiary/aromatic N) is 2. The average molecular weight is 560 g/mol. The van der Waals surface area contributed by atoms with Crippen molar-refractivity contribution in [1.29, 1.82) is 0 Å². The van der Waals surface area contributed by atoms with Crippen LogP contribution in [0.3, 0.4) is 0 Å². The number of carbonyl (C=O) groups excluding carboxylic acids is 2. The van der Waals surface area contributed by atoms with Crippen LogP contribution in [0.25, 0.3) is 0 Å². The van der Waals surface area contributed by atoms with E-state index in [4.69, 9.17) is 14.2 Å². The van der Waals surface area contributed by atoms with E-state index in [1.54, 1.807) is 37.4 Å². The maximum Gasteiger partial charge on any atom is 0.244 e. The van der Waals surface area contributed by atoms with E-state index in [-0.39, 0.29) is 31.0 Å². The monoisotopic (exact) mass is 559 g/mol. The van der Waals surface area contributed by atoms with Gasteiger partial charge < -0.3 is 24.4 Å². The Morgan fingerprint density at radius 2 is 1.82 bits per heavy atom. The minimum atomic E-state index is -3.85. The van der Waals surface area contributed by atoms with Gasteiger partial charge in [0.15, 0.2) is 11.5 Å². The molecule has 0 spiro atoms. The number of ether oxygens (including phenoxy) is 3. The van der Waals surface area contributed by atoms with Crippen molar-refractivity contribution in [3.8, 4) is 17.2 Å². The van der Waals surface area contributed by atoms with Crippen molar-refractivity contribution < 1.29 is 32.2 Å². The zero-order valence-electron chi connectivity index (χ0n) is 22.7. The number of fused-ring (bicyclic) bond motifs is 1. The molecular weight excluding hydrogens is 522 g/mol. The van der Waals surface area contributed by atoms with E-state index in [9.17, 15) is 18.0 Å². The molecule has 11 heteroatoms. The predicted molar refractivity (Wildman–Crippen MR) is 147 cm³/mol. The van der Waals surface area contributed by atoms with Gasteiger partial charge in [-0.25, -0.2) is 8.42 Å². The first-order chi connectivity index (χ1) is 18.7. The second-order valence-electron chi connectivity index (χ2n) is 9.73. The second-order valence-corrected chi connectivity index (χ2v) is 11.9. The van der Waals surface area contributed by atoms with Crippen LogP contribution in [0.15, 0.2) is 42.5 Å². The summed E-state index contributed by atoms with van der Waals surface area (Å²) in [6, 6.07) is 11.4. The highest BCUT2D eigenvalue weighted by molar-refractivity contribution is 7.92. The number of methoxy groups -OCH3 is 1. The lowest BCUT2D eigenvalue weighted by Crippen LogP contribution is -2.53. The van der Waals surface area contributed by atoms with Crippen LogP contribution in [0, 0.1) is 0 Å². The SMILES string of the molecule is CCC(C(=O)NC1CCCC1)N(Cc1cccc(OC)c1)C(=O)CN(c1ccc2c(c1)OCO2)S(=O)(=O)CC. The Hall–Kier alpha value is -3.47. The molecule has 1 heterocycles.